The summed E-state index contributed by atoms with van der Waals surface area (Å²) in [5.74, 6) is -1.54. The Morgan fingerprint density at radius 3 is 2.47 bits per heavy atom. The van der Waals surface area contributed by atoms with E-state index in [0.29, 0.717) is 0 Å². The van der Waals surface area contributed by atoms with E-state index in [-0.39, 0.29) is 0 Å². The fourth-order valence-corrected chi connectivity index (χ4v) is 0.934. The summed E-state index contributed by atoms with van der Waals surface area (Å²) in [6.45, 7) is 2.75. The Labute approximate surface area is 81.8 Å². The maximum atomic E-state index is 12.2. The van der Waals surface area contributed by atoms with Crippen LogP contribution >= 0.6 is 0 Å². The molecule has 0 radical (unpaired) electrons. The van der Waals surface area contributed by atoms with E-state index in [9.17, 15) is 18.0 Å². The number of carbonyl (C=O) groups is 1. The fourth-order valence-electron chi connectivity index (χ4n) is 0.934. The molecule has 0 aliphatic rings. The lowest BCUT2D eigenvalue weighted by molar-refractivity contribution is -0.0689. The highest BCUT2D eigenvalue weighted by Gasteiger charge is 2.37. The van der Waals surface area contributed by atoms with Crippen molar-refractivity contribution in [3.8, 4) is 0 Å². The number of aromatic carboxylic acids is 1. The van der Waals surface area contributed by atoms with Crippen LogP contribution in [0.3, 0.4) is 0 Å². The zero-order chi connectivity index (χ0) is 11.8. The van der Waals surface area contributed by atoms with Crippen LogP contribution in [0.1, 0.15) is 16.2 Å². The van der Waals surface area contributed by atoms with Crippen LogP contribution in [0.15, 0.2) is 6.58 Å². The second-order valence-corrected chi connectivity index (χ2v) is 2.69. The molecule has 0 aliphatic heterocycles. The van der Waals surface area contributed by atoms with Crippen molar-refractivity contribution in [1.82, 2.24) is 15.0 Å². The Bertz CT molecular complexity index is 422. The van der Waals surface area contributed by atoms with Gasteiger partial charge in [0.05, 0.1) is 5.57 Å². The van der Waals surface area contributed by atoms with E-state index in [4.69, 9.17) is 5.11 Å². The predicted molar refractivity (Wildman–Crippen MR) is 43.1 cm³/mol. The van der Waals surface area contributed by atoms with Gasteiger partial charge in [0.15, 0.2) is 5.69 Å². The summed E-state index contributed by atoms with van der Waals surface area (Å²) in [5.41, 5.74) is -2.73. The summed E-state index contributed by atoms with van der Waals surface area (Å²) in [4.78, 5) is 10.6. The summed E-state index contributed by atoms with van der Waals surface area (Å²) >= 11 is 0. The molecule has 0 aliphatic carbocycles. The van der Waals surface area contributed by atoms with Crippen LogP contribution in [0.2, 0.25) is 0 Å². The normalized spacial score (nSPS) is 11.5. The average molecular weight is 221 g/mol. The number of hydrogen-bond acceptors (Lipinski definition) is 3. The number of hydrogen-bond donors (Lipinski definition) is 1. The first-order chi connectivity index (χ1) is 6.75. The maximum absolute atomic E-state index is 12.2. The number of rotatable bonds is 2. The number of carboxylic acid groups (broad SMARTS) is 1. The van der Waals surface area contributed by atoms with Gasteiger partial charge < -0.3 is 5.11 Å². The summed E-state index contributed by atoms with van der Waals surface area (Å²) in [5, 5.41) is 15.0. The molecule has 15 heavy (non-hydrogen) atoms. The Balaban J connectivity index is 3.28. The van der Waals surface area contributed by atoms with E-state index >= 15 is 0 Å². The first-order valence-corrected chi connectivity index (χ1v) is 3.64. The smallest absolute Gasteiger partial charge is 0.418 e. The molecule has 0 atom stereocenters. The largest absolute Gasteiger partial charge is 0.476 e. The third kappa shape index (κ3) is 1.97. The van der Waals surface area contributed by atoms with Gasteiger partial charge in [-0.2, -0.15) is 13.2 Å². The molecule has 8 heteroatoms. The van der Waals surface area contributed by atoms with Crippen molar-refractivity contribution in [2.24, 2.45) is 7.05 Å². The molecule has 1 rings (SSSR count). The van der Waals surface area contributed by atoms with Crippen LogP contribution in [0.4, 0.5) is 13.2 Å². The van der Waals surface area contributed by atoms with Gasteiger partial charge in [-0.15, -0.1) is 5.10 Å². The molecule has 1 heterocycles. The zero-order valence-corrected chi connectivity index (χ0v) is 7.54. The first kappa shape index (κ1) is 11.2. The molecular weight excluding hydrogens is 215 g/mol. The molecule has 1 aromatic rings. The Kier molecular flexibility index (Phi) is 2.52. The molecule has 82 valence electrons. The van der Waals surface area contributed by atoms with Gasteiger partial charge in [-0.25, -0.2) is 9.48 Å². The van der Waals surface area contributed by atoms with Gasteiger partial charge in [0.25, 0.3) is 0 Å². The Hall–Kier alpha value is -1.86. The molecule has 0 bridgehead atoms. The standard InChI is InChI=1S/C7H6F3N3O2/c1-3(7(8,9)10)4-5(6(14)15)13(2)12-11-4/h1H2,2H3,(H,14,15). The van der Waals surface area contributed by atoms with Crippen LogP contribution < -0.4 is 0 Å². The van der Waals surface area contributed by atoms with Gasteiger partial charge in [0.2, 0.25) is 0 Å². The lowest BCUT2D eigenvalue weighted by Crippen LogP contribution is -2.14. The Morgan fingerprint density at radius 1 is 1.53 bits per heavy atom. The first-order valence-electron chi connectivity index (χ1n) is 3.64. The monoisotopic (exact) mass is 221 g/mol. The summed E-state index contributed by atoms with van der Waals surface area (Å²) in [6.07, 6.45) is -4.72. The third-order valence-electron chi connectivity index (χ3n) is 1.66. The number of allylic oxidation sites excluding steroid dienone is 1. The van der Waals surface area contributed by atoms with Crippen LogP contribution in [-0.4, -0.2) is 32.2 Å². The van der Waals surface area contributed by atoms with Crippen molar-refractivity contribution in [3.05, 3.63) is 18.0 Å². The second-order valence-electron chi connectivity index (χ2n) is 2.69. The van der Waals surface area contributed by atoms with Crippen molar-refractivity contribution in [1.29, 1.82) is 0 Å². The minimum atomic E-state index is -4.72. The molecule has 0 saturated heterocycles. The van der Waals surface area contributed by atoms with Crippen molar-refractivity contribution in [2.45, 2.75) is 6.18 Å². The van der Waals surface area contributed by atoms with Gasteiger partial charge in [-0.3, -0.25) is 0 Å². The van der Waals surface area contributed by atoms with Gasteiger partial charge in [0.1, 0.15) is 5.69 Å². The Morgan fingerprint density at radius 2 is 2.07 bits per heavy atom. The lowest BCUT2D eigenvalue weighted by Gasteiger charge is -2.07. The number of halogens is 3. The van der Waals surface area contributed by atoms with Crippen LogP contribution in [0, 0.1) is 0 Å². The molecule has 0 aromatic carbocycles. The van der Waals surface area contributed by atoms with E-state index in [2.05, 4.69) is 16.9 Å². The molecule has 0 saturated carbocycles. The average Bonchev–Trinajstić information content (AvgIpc) is 2.43. The predicted octanol–water partition coefficient (Wildman–Crippen LogP) is 1.09. The number of alkyl halides is 3. The highest BCUT2D eigenvalue weighted by molar-refractivity contribution is 5.91. The van der Waals surface area contributed by atoms with E-state index in [1.54, 1.807) is 0 Å². The highest BCUT2D eigenvalue weighted by Crippen LogP contribution is 2.32. The number of aryl methyl sites for hydroxylation is 1. The lowest BCUT2D eigenvalue weighted by atomic mass is 10.1. The van der Waals surface area contributed by atoms with Gasteiger partial charge in [-0.1, -0.05) is 11.8 Å². The van der Waals surface area contributed by atoms with Gasteiger partial charge in [0, 0.05) is 7.05 Å². The number of carboxylic acids is 1. The number of aromatic nitrogens is 3. The summed E-state index contributed by atoms with van der Waals surface area (Å²) in [7, 11) is 1.18. The molecule has 0 amide bonds. The topological polar surface area (TPSA) is 68.0 Å². The van der Waals surface area contributed by atoms with E-state index in [1.807, 2.05) is 0 Å². The summed E-state index contributed by atoms with van der Waals surface area (Å²) in [6, 6.07) is 0. The van der Waals surface area contributed by atoms with Gasteiger partial charge >= 0.3 is 12.1 Å². The summed E-state index contributed by atoms with van der Waals surface area (Å²) < 4.78 is 37.4. The SMILES string of the molecule is C=C(c1nnn(C)c1C(=O)O)C(F)(F)F. The maximum Gasteiger partial charge on any atom is 0.418 e. The molecular formula is C7H6F3N3O2. The quantitative estimate of drug-likeness (QED) is 0.811. The van der Waals surface area contributed by atoms with Crippen LogP contribution in [0.5, 0.6) is 0 Å². The highest BCUT2D eigenvalue weighted by atomic mass is 19.4. The fraction of sp³-hybridized carbons (Fsp3) is 0.286. The van der Waals surface area contributed by atoms with Crippen LogP contribution in [-0.2, 0) is 7.05 Å². The zero-order valence-electron chi connectivity index (χ0n) is 7.54. The second kappa shape index (κ2) is 3.37. The van der Waals surface area contributed by atoms with E-state index < -0.39 is 29.1 Å². The number of nitrogens with zero attached hydrogens (tertiary/aromatic N) is 3. The molecule has 1 aromatic heterocycles. The minimum absolute atomic E-state index is 0.641. The molecule has 0 spiro atoms. The van der Waals surface area contributed by atoms with Crippen molar-refractivity contribution in [3.63, 3.8) is 0 Å². The van der Waals surface area contributed by atoms with E-state index in [1.165, 1.54) is 7.05 Å². The molecule has 0 fully saturated rings. The van der Waals surface area contributed by atoms with Gasteiger partial charge in [-0.05, 0) is 0 Å². The van der Waals surface area contributed by atoms with Crippen molar-refractivity contribution in [2.75, 3.05) is 0 Å². The minimum Gasteiger partial charge on any atom is -0.476 e. The van der Waals surface area contributed by atoms with Crippen LogP contribution in [0.25, 0.3) is 5.57 Å². The molecule has 0 unspecified atom stereocenters. The van der Waals surface area contributed by atoms with Crippen molar-refractivity contribution < 1.29 is 23.1 Å². The van der Waals surface area contributed by atoms with E-state index in [0.717, 1.165) is 4.68 Å². The van der Waals surface area contributed by atoms with Crippen molar-refractivity contribution >= 4 is 11.5 Å². The third-order valence-corrected chi connectivity index (χ3v) is 1.66. The molecule has 5 nitrogen and oxygen atoms in total. The molecule has 1 N–H and O–H groups in total.